The van der Waals surface area contributed by atoms with Crippen LogP contribution in [0.5, 0.6) is 0 Å². The number of thioether (sulfide) groups is 2. The maximum absolute atomic E-state index is 13.5. The standard InChI is InChI=1S/C34H31N5O4S3/c1-4-44-34-39-38-33(46-34)37-30(40)22(3)45-27-17-14-25(15-18-27)35-32(42)28(36-31(41)24-8-6-5-7-9-24)20-26-16-19-29(43-26)23-12-10-21(2)11-13-23/h5-20,22H,4H2,1-3H3,(H,35,42)(H,36,41)(H,37,38,40). The number of furan rings is 1. The van der Waals surface area contributed by atoms with Crippen LogP contribution in [0, 0.1) is 6.92 Å². The van der Waals surface area contributed by atoms with E-state index in [9.17, 15) is 14.4 Å². The number of anilines is 2. The van der Waals surface area contributed by atoms with Crippen LogP contribution in [0.4, 0.5) is 10.8 Å². The lowest BCUT2D eigenvalue weighted by Crippen LogP contribution is -2.30. The molecular formula is C34H31N5O4S3. The lowest BCUT2D eigenvalue weighted by Gasteiger charge is -2.12. The molecule has 46 heavy (non-hydrogen) atoms. The molecule has 2 heterocycles. The third kappa shape index (κ3) is 8.96. The summed E-state index contributed by atoms with van der Waals surface area (Å²) in [5.74, 6) is 0.786. The summed E-state index contributed by atoms with van der Waals surface area (Å²) in [6.07, 6.45) is 1.50. The number of carbonyl (C=O) groups is 3. The summed E-state index contributed by atoms with van der Waals surface area (Å²) >= 11 is 4.29. The van der Waals surface area contributed by atoms with E-state index in [2.05, 4.69) is 26.1 Å². The van der Waals surface area contributed by atoms with Crippen LogP contribution in [-0.2, 0) is 9.59 Å². The van der Waals surface area contributed by atoms with E-state index < -0.39 is 17.1 Å². The highest BCUT2D eigenvalue weighted by Crippen LogP contribution is 2.29. The van der Waals surface area contributed by atoms with Crippen LogP contribution >= 0.6 is 34.9 Å². The number of nitrogens with one attached hydrogen (secondary N) is 3. The lowest BCUT2D eigenvalue weighted by molar-refractivity contribution is -0.115. The van der Waals surface area contributed by atoms with Crippen LogP contribution in [0.2, 0.25) is 0 Å². The average Bonchev–Trinajstić information content (AvgIpc) is 3.72. The largest absolute Gasteiger partial charge is 0.457 e. The minimum atomic E-state index is -0.525. The summed E-state index contributed by atoms with van der Waals surface area (Å²) in [5.41, 5.74) is 2.97. The predicted octanol–water partition coefficient (Wildman–Crippen LogP) is 7.75. The van der Waals surface area contributed by atoms with Crippen molar-refractivity contribution < 1.29 is 18.8 Å². The number of aromatic nitrogens is 2. The molecule has 0 saturated heterocycles. The van der Waals surface area contributed by atoms with Gasteiger partial charge >= 0.3 is 0 Å². The molecule has 0 radical (unpaired) electrons. The second kappa shape index (κ2) is 15.6. The SMILES string of the molecule is CCSc1nnc(NC(=O)C(C)Sc2ccc(NC(=O)C(=Cc3ccc(-c4ccc(C)cc4)o3)NC(=O)c3ccccc3)cc2)s1. The second-order valence-electron chi connectivity index (χ2n) is 9.98. The highest BCUT2D eigenvalue weighted by Gasteiger charge is 2.19. The van der Waals surface area contributed by atoms with Crippen LogP contribution in [0.25, 0.3) is 17.4 Å². The molecule has 9 nitrogen and oxygen atoms in total. The zero-order chi connectivity index (χ0) is 32.5. The molecule has 3 N–H and O–H groups in total. The third-order valence-corrected chi connectivity index (χ3v) is 9.44. The van der Waals surface area contributed by atoms with Crippen LogP contribution in [0.1, 0.15) is 35.5 Å². The van der Waals surface area contributed by atoms with Crippen molar-refractivity contribution in [1.82, 2.24) is 15.5 Å². The van der Waals surface area contributed by atoms with Gasteiger partial charge in [0.25, 0.3) is 11.8 Å². The molecule has 0 aliphatic heterocycles. The van der Waals surface area contributed by atoms with Gasteiger partial charge in [0.2, 0.25) is 11.0 Å². The van der Waals surface area contributed by atoms with Gasteiger partial charge in [-0.05, 0) is 68.1 Å². The zero-order valence-electron chi connectivity index (χ0n) is 25.3. The number of amides is 3. The normalized spacial score (nSPS) is 11.9. The van der Waals surface area contributed by atoms with Crippen molar-refractivity contribution >= 4 is 69.5 Å². The first kappa shape index (κ1) is 32.7. The maximum Gasteiger partial charge on any atom is 0.272 e. The summed E-state index contributed by atoms with van der Waals surface area (Å²) in [5, 5.41) is 16.6. The van der Waals surface area contributed by atoms with E-state index in [1.165, 1.54) is 29.2 Å². The molecule has 5 aromatic rings. The summed E-state index contributed by atoms with van der Waals surface area (Å²) < 4.78 is 6.81. The fourth-order valence-electron chi connectivity index (χ4n) is 4.11. The summed E-state index contributed by atoms with van der Waals surface area (Å²) in [6, 6.07) is 27.2. The Morgan fingerprint density at radius 2 is 1.65 bits per heavy atom. The Kier molecular flexibility index (Phi) is 11.1. The minimum absolute atomic E-state index is 0.0135. The van der Waals surface area contributed by atoms with Crippen LogP contribution in [-0.4, -0.2) is 38.9 Å². The number of hydrogen-bond acceptors (Lipinski definition) is 9. The lowest BCUT2D eigenvalue weighted by atomic mass is 10.1. The third-order valence-electron chi connectivity index (χ3n) is 6.48. The maximum atomic E-state index is 13.5. The number of aryl methyl sites for hydroxylation is 1. The molecule has 2 aromatic heterocycles. The van der Waals surface area contributed by atoms with E-state index in [0.717, 1.165) is 26.1 Å². The Labute approximate surface area is 279 Å². The Bertz CT molecular complexity index is 1830. The second-order valence-corrected chi connectivity index (χ2v) is 13.9. The monoisotopic (exact) mass is 669 g/mol. The van der Waals surface area contributed by atoms with Crippen molar-refractivity contribution in [1.29, 1.82) is 0 Å². The van der Waals surface area contributed by atoms with Gasteiger partial charge in [-0.2, -0.15) is 0 Å². The van der Waals surface area contributed by atoms with E-state index in [1.807, 2.05) is 69.3 Å². The molecular weight excluding hydrogens is 639 g/mol. The molecule has 12 heteroatoms. The number of benzene rings is 3. The molecule has 5 rings (SSSR count). The van der Waals surface area contributed by atoms with Gasteiger partial charge in [0, 0.05) is 27.8 Å². The molecule has 0 bridgehead atoms. The Balaban J connectivity index is 1.26. The number of carbonyl (C=O) groups excluding carboxylic acids is 3. The van der Waals surface area contributed by atoms with Crippen LogP contribution in [0.15, 0.2) is 110 Å². The van der Waals surface area contributed by atoms with Gasteiger partial charge in [0.05, 0.1) is 5.25 Å². The molecule has 0 spiro atoms. The first-order chi connectivity index (χ1) is 22.3. The van der Waals surface area contributed by atoms with Crippen LogP contribution in [0.3, 0.4) is 0 Å². The topological polar surface area (TPSA) is 126 Å². The van der Waals surface area contributed by atoms with Gasteiger partial charge in [0.15, 0.2) is 4.34 Å². The predicted molar refractivity (Wildman–Crippen MR) is 186 cm³/mol. The van der Waals surface area contributed by atoms with E-state index >= 15 is 0 Å². The Morgan fingerprint density at radius 1 is 0.913 bits per heavy atom. The van der Waals surface area contributed by atoms with Gasteiger partial charge in [-0.3, -0.25) is 19.7 Å². The summed E-state index contributed by atoms with van der Waals surface area (Å²) in [4.78, 5) is 40.0. The molecule has 0 saturated carbocycles. The number of rotatable bonds is 12. The summed E-state index contributed by atoms with van der Waals surface area (Å²) in [6.45, 7) is 5.85. The zero-order valence-corrected chi connectivity index (χ0v) is 27.7. The Morgan fingerprint density at radius 3 is 2.37 bits per heavy atom. The highest BCUT2D eigenvalue weighted by molar-refractivity contribution is 8.01. The molecule has 0 fully saturated rings. The number of hydrogen-bond donors (Lipinski definition) is 3. The quantitative estimate of drug-likeness (QED) is 0.0700. The fraction of sp³-hybridized carbons (Fsp3) is 0.147. The highest BCUT2D eigenvalue weighted by atomic mass is 32.2. The molecule has 3 amide bonds. The molecule has 1 unspecified atom stereocenters. The fourth-order valence-corrected chi connectivity index (χ4v) is 6.63. The Hall–Kier alpha value is -4.65. The average molecular weight is 670 g/mol. The van der Waals surface area contributed by atoms with Crippen molar-refractivity contribution in [3.63, 3.8) is 0 Å². The molecule has 0 aliphatic carbocycles. The molecule has 234 valence electrons. The van der Waals surface area contributed by atoms with Crippen LogP contribution < -0.4 is 16.0 Å². The van der Waals surface area contributed by atoms with Crippen molar-refractivity contribution in [2.45, 2.75) is 35.3 Å². The van der Waals surface area contributed by atoms with Gasteiger partial charge in [-0.25, -0.2) is 0 Å². The van der Waals surface area contributed by atoms with Gasteiger partial charge < -0.3 is 15.1 Å². The number of nitrogens with zero attached hydrogens (tertiary/aromatic N) is 2. The minimum Gasteiger partial charge on any atom is -0.457 e. The van der Waals surface area contributed by atoms with Gasteiger partial charge in [-0.1, -0.05) is 78.1 Å². The van der Waals surface area contributed by atoms with Crippen molar-refractivity contribution in [2.75, 3.05) is 16.4 Å². The smallest absolute Gasteiger partial charge is 0.272 e. The van der Waals surface area contributed by atoms with E-state index in [1.54, 1.807) is 54.2 Å². The molecule has 0 aliphatic rings. The van der Waals surface area contributed by atoms with Gasteiger partial charge in [0.1, 0.15) is 17.2 Å². The first-order valence-electron chi connectivity index (χ1n) is 14.4. The first-order valence-corrected chi connectivity index (χ1v) is 17.1. The molecule has 3 aromatic carbocycles. The van der Waals surface area contributed by atoms with Crippen molar-refractivity contribution in [3.05, 3.63) is 114 Å². The van der Waals surface area contributed by atoms with Gasteiger partial charge in [-0.15, -0.1) is 22.0 Å². The van der Waals surface area contributed by atoms with Crippen molar-refractivity contribution in [3.8, 4) is 11.3 Å². The van der Waals surface area contributed by atoms with E-state index in [0.29, 0.717) is 27.9 Å². The summed E-state index contributed by atoms with van der Waals surface area (Å²) in [7, 11) is 0. The van der Waals surface area contributed by atoms with E-state index in [-0.39, 0.29) is 11.6 Å². The van der Waals surface area contributed by atoms with E-state index in [4.69, 9.17) is 4.42 Å². The molecule has 1 atom stereocenters. The van der Waals surface area contributed by atoms with Crippen molar-refractivity contribution in [2.24, 2.45) is 0 Å².